The Balaban J connectivity index is 0.00000441. The minimum absolute atomic E-state index is 0. The Morgan fingerprint density at radius 3 is 2.50 bits per heavy atom. The zero-order chi connectivity index (χ0) is 15.7. The van der Waals surface area contributed by atoms with E-state index in [1.165, 1.54) is 4.90 Å². The topological polar surface area (TPSA) is 40.0 Å². The van der Waals surface area contributed by atoms with E-state index in [0.29, 0.717) is 18.8 Å². The molecule has 0 bridgehead atoms. The van der Waals surface area contributed by atoms with Crippen molar-refractivity contribution >= 4 is 5.97 Å². The summed E-state index contributed by atoms with van der Waals surface area (Å²) < 4.78 is 11.0. The fourth-order valence-electron chi connectivity index (χ4n) is 1.94. The van der Waals surface area contributed by atoms with Crippen LogP contribution in [0.1, 0.15) is 42.1 Å². The molecule has 22 heavy (non-hydrogen) atoms. The molecule has 5 heteroatoms. The van der Waals surface area contributed by atoms with Crippen molar-refractivity contribution in [3.63, 3.8) is 0 Å². The summed E-state index contributed by atoms with van der Waals surface area (Å²) in [6, 6.07) is 5.46. The van der Waals surface area contributed by atoms with Crippen molar-refractivity contribution in [1.82, 2.24) is 0 Å². The maximum absolute atomic E-state index is 11.9. The van der Waals surface area contributed by atoms with Crippen LogP contribution >= 0.6 is 0 Å². The normalized spacial score (nSPS) is 10.2. The maximum Gasteiger partial charge on any atom is 0.338 e. The molecule has 0 radical (unpaired) electrons. The van der Waals surface area contributed by atoms with Gasteiger partial charge in [-0.15, -0.1) is 0 Å². The molecular formula is C17H28ClNO3. The number of unbranched alkanes of at least 4 members (excludes halogenated alkanes) is 1. The molecule has 0 aliphatic heterocycles. The largest absolute Gasteiger partial charge is 1.00 e. The van der Waals surface area contributed by atoms with Crippen LogP contribution in [0, 0.1) is 6.92 Å². The zero-order valence-electron chi connectivity index (χ0n) is 14.1. The van der Waals surface area contributed by atoms with Gasteiger partial charge in [0.1, 0.15) is 5.75 Å². The van der Waals surface area contributed by atoms with Gasteiger partial charge in [-0.2, -0.15) is 0 Å². The number of benzene rings is 1. The molecule has 0 heterocycles. The van der Waals surface area contributed by atoms with Crippen molar-refractivity contribution in [2.24, 2.45) is 0 Å². The molecule has 0 spiro atoms. The lowest BCUT2D eigenvalue weighted by Gasteiger charge is -2.11. The second-order valence-corrected chi connectivity index (χ2v) is 5.63. The molecule has 0 aromatic heterocycles. The second kappa shape index (κ2) is 11.3. The van der Waals surface area contributed by atoms with Crippen LogP contribution in [-0.4, -0.2) is 39.8 Å². The van der Waals surface area contributed by atoms with E-state index in [0.717, 1.165) is 37.1 Å². The molecule has 0 amide bonds. The first-order valence-corrected chi connectivity index (χ1v) is 7.74. The third kappa shape index (κ3) is 7.66. The molecule has 1 aromatic carbocycles. The minimum atomic E-state index is -0.257. The number of carbonyl (C=O) groups excluding carboxylic acids is 1. The highest BCUT2D eigenvalue weighted by molar-refractivity contribution is 5.89. The van der Waals surface area contributed by atoms with Crippen molar-refractivity contribution in [3.05, 3.63) is 29.3 Å². The van der Waals surface area contributed by atoms with Crippen molar-refractivity contribution in [2.75, 3.05) is 33.9 Å². The third-order valence-corrected chi connectivity index (χ3v) is 3.22. The predicted octanol–water partition coefficient (Wildman–Crippen LogP) is -1.13. The summed E-state index contributed by atoms with van der Waals surface area (Å²) >= 11 is 0. The number of hydrogen-bond acceptors (Lipinski definition) is 3. The van der Waals surface area contributed by atoms with E-state index >= 15 is 0 Å². The first kappa shape index (κ1) is 20.7. The maximum atomic E-state index is 11.9. The van der Waals surface area contributed by atoms with Gasteiger partial charge < -0.3 is 26.8 Å². The molecule has 0 saturated heterocycles. The highest BCUT2D eigenvalue weighted by Gasteiger charge is 2.10. The average Bonchev–Trinajstić information content (AvgIpc) is 2.45. The van der Waals surface area contributed by atoms with Gasteiger partial charge in [0.2, 0.25) is 0 Å². The fraction of sp³-hybridized carbons (Fsp3) is 0.588. The summed E-state index contributed by atoms with van der Waals surface area (Å²) in [7, 11) is 4.17. The lowest BCUT2D eigenvalue weighted by atomic mass is 10.1. The molecule has 1 aromatic rings. The number of ether oxygens (including phenoxy) is 2. The molecule has 1 N–H and O–H groups in total. The van der Waals surface area contributed by atoms with Gasteiger partial charge in [-0.25, -0.2) is 4.79 Å². The van der Waals surface area contributed by atoms with E-state index in [-0.39, 0.29) is 18.4 Å². The van der Waals surface area contributed by atoms with Crippen molar-refractivity contribution in [1.29, 1.82) is 0 Å². The van der Waals surface area contributed by atoms with E-state index < -0.39 is 0 Å². The Morgan fingerprint density at radius 1 is 1.18 bits per heavy atom. The van der Waals surface area contributed by atoms with Crippen molar-refractivity contribution < 1.29 is 31.6 Å². The third-order valence-electron chi connectivity index (χ3n) is 3.22. The lowest BCUT2D eigenvalue weighted by molar-refractivity contribution is -0.858. The van der Waals surface area contributed by atoms with Crippen LogP contribution in [0.4, 0.5) is 0 Å². The average molecular weight is 330 g/mol. The number of hydrogen-bond donors (Lipinski definition) is 1. The standard InChI is InChI=1S/C17H27NO3.ClH/c1-5-6-11-20-16-9-8-15(13-14(16)2)17(19)21-12-7-10-18(3)4;/h8-9,13H,5-7,10-12H2,1-4H3;1H. The number of carbonyl (C=O) groups is 1. The SMILES string of the molecule is CCCCOc1ccc(C(=O)OCCC[NH+](C)C)cc1C.[Cl-]. The Labute approximate surface area is 140 Å². The second-order valence-electron chi connectivity index (χ2n) is 5.63. The van der Waals surface area contributed by atoms with Gasteiger partial charge in [0.15, 0.2) is 0 Å². The monoisotopic (exact) mass is 329 g/mol. The molecule has 4 nitrogen and oxygen atoms in total. The van der Waals surface area contributed by atoms with Crippen LogP contribution in [-0.2, 0) is 4.74 Å². The number of aryl methyl sites for hydroxylation is 1. The van der Waals surface area contributed by atoms with Gasteiger partial charge in [-0.05, 0) is 37.1 Å². The van der Waals surface area contributed by atoms with Gasteiger partial charge in [0.05, 0.1) is 39.4 Å². The molecule has 0 aliphatic carbocycles. The molecule has 1 rings (SSSR count). The number of esters is 1. The summed E-state index contributed by atoms with van der Waals surface area (Å²) in [6.45, 7) is 6.27. The summed E-state index contributed by atoms with van der Waals surface area (Å²) in [4.78, 5) is 13.3. The first-order chi connectivity index (χ1) is 10.0. The fourth-order valence-corrected chi connectivity index (χ4v) is 1.94. The highest BCUT2D eigenvalue weighted by Crippen LogP contribution is 2.20. The van der Waals surface area contributed by atoms with Crippen molar-refractivity contribution in [3.8, 4) is 5.75 Å². The number of nitrogens with one attached hydrogen (secondary N) is 1. The van der Waals surface area contributed by atoms with Crippen LogP contribution < -0.4 is 22.0 Å². The molecule has 0 unspecified atom stereocenters. The van der Waals surface area contributed by atoms with E-state index in [1.807, 2.05) is 19.1 Å². The molecule has 126 valence electrons. The quantitative estimate of drug-likeness (QED) is 0.460. The zero-order valence-corrected chi connectivity index (χ0v) is 14.8. The molecule has 0 atom stereocenters. The minimum Gasteiger partial charge on any atom is -1.00 e. The van der Waals surface area contributed by atoms with E-state index in [4.69, 9.17) is 9.47 Å². The Hall–Kier alpha value is -1.26. The summed E-state index contributed by atoms with van der Waals surface area (Å²) in [6.07, 6.45) is 3.03. The van der Waals surface area contributed by atoms with Gasteiger partial charge in [-0.1, -0.05) is 13.3 Å². The Bertz CT molecular complexity index is 450. The first-order valence-electron chi connectivity index (χ1n) is 7.74. The van der Waals surface area contributed by atoms with Crippen LogP contribution in [0.15, 0.2) is 18.2 Å². The molecule has 0 saturated carbocycles. The van der Waals surface area contributed by atoms with E-state index in [1.54, 1.807) is 6.07 Å². The molecule has 0 aliphatic rings. The number of halogens is 1. The smallest absolute Gasteiger partial charge is 0.338 e. The van der Waals surface area contributed by atoms with Gasteiger partial charge in [0, 0.05) is 6.42 Å². The Kier molecular flexibility index (Phi) is 10.7. The predicted molar refractivity (Wildman–Crippen MR) is 84.2 cm³/mol. The van der Waals surface area contributed by atoms with Gasteiger partial charge >= 0.3 is 5.97 Å². The van der Waals surface area contributed by atoms with Crippen LogP contribution in [0.3, 0.4) is 0 Å². The lowest BCUT2D eigenvalue weighted by Crippen LogP contribution is -3.05. The molecular weight excluding hydrogens is 302 g/mol. The summed E-state index contributed by atoms with van der Waals surface area (Å²) in [5.74, 6) is 0.586. The van der Waals surface area contributed by atoms with Crippen LogP contribution in [0.5, 0.6) is 5.75 Å². The number of quaternary nitrogens is 1. The van der Waals surface area contributed by atoms with E-state index in [9.17, 15) is 4.79 Å². The van der Waals surface area contributed by atoms with E-state index in [2.05, 4.69) is 21.0 Å². The van der Waals surface area contributed by atoms with Gasteiger partial charge in [-0.3, -0.25) is 0 Å². The summed E-state index contributed by atoms with van der Waals surface area (Å²) in [5.41, 5.74) is 1.56. The highest BCUT2D eigenvalue weighted by atomic mass is 35.5. The van der Waals surface area contributed by atoms with Crippen LogP contribution in [0.25, 0.3) is 0 Å². The van der Waals surface area contributed by atoms with Crippen LogP contribution in [0.2, 0.25) is 0 Å². The summed E-state index contributed by atoms with van der Waals surface area (Å²) in [5, 5.41) is 0. The Morgan fingerprint density at radius 2 is 1.91 bits per heavy atom. The van der Waals surface area contributed by atoms with Crippen molar-refractivity contribution in [2.45, 2.75) is 33.1 Å². The number of rotatable bonds is 9. The molecule has 0 fully saturated rings. The van der Waals surface area contributed by atoms with Gasteiger partial charge in [0.25, 0.3) is 0 Å².